The van der Waals surface area contributed by atoms with Crippen LogP contribution in [0.25, 0.3) is 33.2 Å². The fourth-order valence-electron chi connectivity index (χ4n) is 4.82. The third kappa shape index (κ3) is 4.68. The van der Waals surface area contributed by atoms with E-state index in [2.05, 4.69) is 22.4 Å². The highest BCUT2D eigenvalue weighted by atomic mass is 16.5. The molecular weight excluding hydrogens is 440 g/mol. The molecule has 1 amide bonds. The molecule has 0 atom stereocenters. The lowest BCUT2D eigenvalue weighted by Crippen LogP contribution is -2.29. The van der Waals surface area contributed by atoms with Gasteiger partial charge < -0.3 is 20.9 Å². The number of ether oxygens (including phenoxy) is 1. The molecule has 0 aliphatic heterocycles. The Hall–Kier alpha value is -3.97. The number of amides is 1. The average Bonchev–Trinajstić information content (AvgIpc) is 2.89. The van der Waals surface area contributed by atoms with Crippen molar-refractivity contribution in [2.75, 3.05) is 12.4 Å². The van der Waals surface area contributed by atoms with Crippen molar-refractivity contribution in [3.63, 3.8) is 0 Å². The summed E-state index contributed by atoms with van der Waals surface area (Å²) >= 11 is 0. The molecule has 1 saturated carbocycles. The quantitative estimate of drug-likeness (QED) is 0.375. The highest BCUT2D eigenvalue weighted by molar-refractivity contribution is 6.04. The summed E-state index contributed by atoms with van der Waals surface area (Å²) in [5, 5.41) is 15.4. The monoisotopic (exact) mass is 468 g/mol. The van der Waals surface area contributed by atoms with Gasteiger partial charge in [0.25, 0.3) is 5.91 Å². The van der Waals surface area contributed by atoms with Gasteiger partial charge in [-0.1, -0.05) is 24.3 Å². The zero-order chi connectivity index (χ0) is 24.4. The zero-order valence-electron chi connectivity index (χ0n) is 19.6. The number of anilines is 1. The van der Waals surface area contributed by atoms with Gasteiger partial charge in [0.05, 0.1) is 24.5 Å². The van der Waals surface area contributed by atoms with Crippen LogP contribution in [0.3, 0.4) is 0 Å². The van der Waals surface area contributed by atoms with Crippen LogP contribution in [0.1, 0.15) is 36.0 Å². The Bertz CT molecular complexity index is 1360. The second-order valence-electron chi connectivity index (χ2n) is 8.92. The van der Waals surface area contributed by atoms with Gasteiger partial charge in [-0.15, -0.1) is 0 Å². The normalized spacial score (nSPS) is 17.8. The fourth-order valence-corrected chi connectivity index (χ4v) is 4.82. The van der Waals surface area contributed by atoms with E-state index in [-0.39, 0.29) is 12.1 Å². The summed E-state index contributed by atoms with van der Waals surface area (Å²) in [7, 11) is 1.60. The van der Waals surface area contributed by atoms with Crippen LogP contribution in [0, 0.1) is 0 Å². The Morgan fingerprint density at radius 3 is 2.51 bits per heavy atom. The van der Waals surface area contributed by atoms with Crippen LogP contribution in [0.2, 0.25) is 0 Å². The van der Waals surface area contributed by atoms with Gasteiger partial charge in [0, 0.05) is 46.7 Å². The number of hydrogen-bond acceptors (Lipinski definition) is 6. The molecule has 0 saturated heterocycles. The van der Waals surface area contributed by atoms with Crippen molar-refractivity contribution < 1.29 is 14.6 Å². The van der Waals surface area contributed by atoms with Crippen molar-refractivity contribution in [3.05, 3.63) is 72.6 Å². The number of nitrogens with two attached hydrogens (primary N) is 1. The number of nitrogens with zero attached hydrogens (tertiary/aromatic N) is 2. The first kappa shape index (κ1) is 22.8. The molecule has 5 rings (SSSR count). The lowest BCUT2D eigenvalue weighted by atomic mass is 9.92. The molecule has 4 aromatic rings. The van der Waals surface area contributed by atoms with E-state index in [0.29, 0.717) is 17.1 Å². The van der Waals surface area contributed by atoms with Crippen molar-refractivity contribution in [3.8, 4) is 28.3 Å². The first-order valence-corrected chi connectivity index (χ1v) is 11.8. The molecule has 2 aromatic heterocycles. The Kier molecular flexibility index (Phi) is 6.33. The Labute approximate surface area is 204 Å². The smallest absolute Gasteiger partial charge is 0.250 e. The summed E-state index contributed by atoms with van der Waals surface area (Å²) in [6, 6.07) is 17.8. The van der Waals surface area contributed by atoms with Gasteiger partial charge in [0.15, 0.2) is 0 Å². The van der Waals surface area contributed by atoms with Crippen molar-refractivity contribution >= 4 is 22.4 Å². The molecule has 1 aliphatic carbocycles. The Morgan fingerprint density at radius 1 is 1.00 bits per heavy atom. The molecule has 0 spiro atoms. The van der Waals surface area contributed by atoms with Crippen LogP contribution in [-0.2, 0) is 0 Å². The molecule has 35 heavy (non-hydrogen) atoms. The molecule has 2 heterocycles. The van der Waals surface area contributed by atoms with Crippen LogP contribution in [0.4, 0.5) is 5.69 Å². The summed E-state index contributed by atoms with van der Waals surface area (Å²) in [6.45, 7) is 0. The molecule has 0 unspecified atom stereocenters. The molecule has 178 valence electrons. The first-order valence-electron chi connectivity index (χ1n) is 11.8. The molecule has 2 aromatic carbocycles. The number of methoxy groups -OCH3 is 1. The van der Waals surface area contributed by atoms with Gasteiger partial charge >= 0.3 is 0 Å². The summed E-state index contributed by atoms with van der Waals surface area (Å²) in [6.07, 6.45) is 6.54. The molecular formula is C28H28N4O3. The van der Waals surface area contributed by atoms with E-state index >= 15 is 0 Å². The number of pyridine rings is 2. The Morgan fingerprint density at radius 2 is 1.80 bits per heavy atom. The van der Waals surface area contributed by atoms with Gasteiger partial charge in [0.1, 0.15) is 0 Å². The van der Waals surface area contributed by atoms with E-state index in [4.69, 9.17) is 15.5 Å². The minimum absolute atomic E-state index is 0.182. The number of fused-ring (bicyclic) bond motifs is 1. The lowest BCUT2D eigenvalue weighted by molar-refractivity contribution is 0.100. The van der Waals surface area contributed by atoms with Crippen molar-refractivity contribution in [1.82, 2.24) is 9.97 Å². The minimum Gasteiger partial charge on any atom is -0.481 e. The van der Waals surface area contributed by atoms with Crippen molar-refractivity contribution in [2.24, 2.45) is 5.73 Å². The van der Waals surface area contributed by atoms with Gasteiger partial charge in [-0.3, -0.25) is 9.78 Å². The number of aliphatic hydroxyl groups is 1. The predicted octanol–water partition coefficient (Wildman–Crippen LogP) is 4.79. The highest BCUT2D eigenvalue weighted by Gasteiger charge is 2.21. The van der Waals surface area contributed by atoms with E-state index in [1.807, 2.05) is 36.4 Å². The minimum atomic E-state index is -0.477. The van der Waals surface area contributed by atoms with E-state index in [0.717, 1.165) is 58.8 Å². The third-order valence-electron chi connectivity index (χ3n) is 6.68. The maximum Gasteiger partial charge on any atom is 0.250 e. The van der Waals surface area contributed by atoms with Crippen LogP contribution >= 0.6 is 0 Å². The van der Waals surface area contributed by atoms with Gasteiger partial charge in [-0.05, 0) is 60.9 Å². The molecule has 4 N–H and O–H groups in total. The largest absolute Gasteiger partial charge is 0.481 e. The second kappa shape index (κ2) is 9.72. The van der Waals surface area contributed by atoms with Crippen molar-refractivity contribution in [1.29, 1.82) is 0 Å². The number of carbonyl (C=O) groups excluding carboxylic acids is 1. The van der Waals surface area contributed by atoms with E-state index in [9.17, 15) is 9.90 Å². The zero-order valence-corrected chi connectivity index (χ0v) is 19.6. The maximum atomic E-state index is 12.1. The first-order chi connectivity index (χ1) is 17.0. The molecule has 1 aliphatic rings. The van der Waals surface area contributed by atoms with E-state index < -0.39 is 5.91 Å². The number of aliphatic hydroxyl groups excluding tert-OH is 1. The molecule has 0 radical (unpaired) electrons. The molecule has 0 bridgehead atoms. The van der Waals surface area contributed by atoms with Crippen molar-refractivity contribution in [2.45, 2.75) is 37.8 Å². The number of carbonyl (C=O) groups is 1. The standard InChI is InChI=1S/C28H28N4O3/c1-35-26-12-6-18(16-31-26)21-3-2-4-23-22(21)13-14-30-27(23)17-5-11-24(28(29)34)25(15-17)32-19-7-9-20(33)10-8-19/h2-6,11-16,19-20,32-33H,7-10H2,1H3,(H2,29,34). The fraction of sp³-hybridized carbons (Fsp3) is 0.250. The summed E-state index contributed by atoms with van der Waals surface area (Å²) in [4.78, 5) is 21.2. The molecule has 7 heteroatoms. The SMILES string of the molecule is COc1ccc(-c2cccc3c(-c4ccc(C(N)=O)c(NC5CCC(O)CC5)c4)nccc23)cn1. The molecule has 1 fully saturated rings. The Balaban J connectivity index is 1.56. The van der Waals surface area contributed by atoms with Gasteiger partial charge in [-0.2, -0.15) is 0 Å². The lowest BCUT2D eigenvalue weighted by Gasteiger charge is -2.28. The van der Waals surface area contributed by atoms with Crippen LogP contribution in [-0.4, -0.2) is 40.2 Å². The van der Waals surface area contributed by atoms with Gasteiger partial charge in [-0.25, -0.2) is 4.98 Å². The maximum absolute atomic E-state index is 12.1. The number of nitrogens with one attached hydrogen (secondary N) is 1. The predicted molar refractivity (Wildman–Crippen MR) is 137 cm³/mol. The third-order valence-corrected chi connectivity index (χ3v) is 6.68. The number of primary amides is 1. The number of rotatable bonds is 6. The van der Waals surface area contributed by atoms with E-state index in [1.54, 1.807) is 25.6 Å². The highest BCUT2D eigenvalue weighted by Crippen LogP contribution is 2.35. The van der Waals surface area contributed by atoms with Gasteiger partial charge in [0.2, 0.25) is 5.88 Å². The summed E-state index contributed by atoms with van der Waals surface area (Å²) in [5.41, 5.74) is 10.6. The summed E-state index contributed by atoms with van der Waals surface area (Å²) in [5.74, 6) is 0.0912. The number of aromatic nitrogens is 2. The number of hydrogen-bond donors (Lipinski definition) is 3. The number of benzene rings is 2. The second-order valence-corrected chi connectivity index (χ2v) is 8.92. The van der Waals surface area contributed by atoms with Crippen LogP contribution < -0.4 is 15.8 Å². The summed E-state index contributed by atoms with van der Waals surface area (Å²) < 4.78 is 5.19. The topological polar surface area (TPSA) is 110 Å². The van der Waals surface area contributed by atoms with Crippen LogP contribution in [0.5, 0.6) is 5.88 Å². The average molecular weight is 469 g/mol. The van der Waals surface area contributed by atoms with E-state index in [1.165, 1.54) is 0 Å². The molecule has 7 nitrogen and oxygen atoms in total. The van der Waals surface area contributed by atoms with Crippen LogP contribution in [0.15, 0.2) is 67.0 Å².